The summed E-state index contributed by atoms with van der Waals surface area (Å²) in [5.74, 6) is 0. The zero-order valence-electron chi connectivity index (χ0n) is 13.2. The molecular formula is C16H36NO2+. The molecule has 116 valence electrons. The molecule has 2 N–H and O–H groups in total. The Labute approximate surface area is 120 Å². The second-order valence-corrected chi connectivity index (χ2v) is 6.37. The van der Waals surface area contributed by atoms with Crippen LogP contribution < -0.4 is 0 Å². The summed E-state index contributed by atoms with van der Waals surface area (Å²) >= 11 is 0. The van der Waals surface area contributed by atoms with Gasteiger partial charge in [0.25, 0.3) is 0 Å². The van der Waals surface area contributed by atoms with Gasteiger partial charge in [0.2, 0.25) is 0 Å². The zero-order chi connectivity index (χ0) is 14.4. The monoisotopic (exact) mass is 274 g/mol. The molecule has 0 unspecified atom stereocenters. The van der Waals surface area contributed by atoms with E-state index < -0.39 is 0 Å². The third-order valence-electron chi connectivity index (χ3n) is 3.88. The highest BCUT2D eigenvalue weighted by atomic mass is 16.3. The van der Waals surface area contributed by atoms with Crippen molar-refractivity contribution >= 4 is 0 Å². The van der Waals surface area contributed by atoms with E-state index in [1.165, 1.54) is 64.3 Å². The van der Waals surface area contributed by atoms with E-state index in [2.05, 4.69) is 14.1 Å². The van der Waals surface area contributed by atoms with Gasteiger partial charge in [-0.05, 0) is 19.3 Å². The van der Waals surface area contributed by atoms with Gasteiger partial charge in [0, 0.05) is 6.61 Å². The summed E-state index contributed by atoms with van der Waals surface area (Å²) in [4.78, 5) is 0. The molecule has 0 atom stereocenters. The highest BCUT2D eigenvalue weighted by Gasteiger charge is 2.12. The van der Waals surface area contributed by atoms with E-state index in [1.54, 1.807) is 0 Å². The van der Waals surface area contributed by atoms with E-state index in [0.29, 0.717) is 13.2 Å². The van der Waals surface area contributed by atoms with Gasteiger partial charge in [-0.2, -0.15) is 0 Å². The Hall–Kier alpha value is -0.120. The summed E-state index contributed by atoms with van der Waals surface area (Å²) < 4.78 is 0.946. The van der Waals surface area contributed by atoms with Crippen LogP contribution in [0.2, 0.25) is 0 Å². The van der Waals surface area contributed by atoms with Crippen LogP contribution in [0.1, 0.15) is 64.2 Å². The van der Waals surface area contributed by atoms with Crippen molar-refractivity contribution in [3.63, 3.8) is 0 Å². The molecule has 0 aliphatic heterocycles. The first-order valence-electron chi connectivity index (χ1n) is 8.16. The van der Waals surface area contributed by atoms with Crippen LogP contribution >= 0.6 is 0 Å². The molecule has 0 rings (SSSR count). The summed E-state index contributed by atoms with van der Waals surface area (Å²) in [7, 11) is 4.39. The predicted octanol–water partition coefficient (Wildman–Crippen LogP) is 2.95. The van der Waals surface area contributed by atoms with E-state index in [4.69, 9.17) is 10.2 Å². The highest BCUT2D eigenvalue weighted by Crippen LogP contribution is 2.11. The predicted molar refractivity (Wildman–Crippen MR) is 82.2 cm³/mol. The molecule has 0 fully saturated rings. The van der Waals surface area contributed by atoms with Gasteiger partial charge < -0.3 is 14.7 Å². The highest BCUT2D eigenvalue weighted by molar-refractivity contribution is 4.48. The minimum atomic E-state index is 0.295. The standard InChI is InChI=1S/C16H36NO2/c1-17(2,14-16-19)13-11-9-7-5-3-4-6-8-10-12-15-18/h18-19H,3-16H2,1-2H3/q+1. The van der Waals surface area contributed by atoms with Crippen LogP contribution in [-0.2, 0) is 0 Å². The molecule has 0 aromatic rings. The molecule has 0 bridgehead atoms. The number of unbranched alkanes of at least 4 members (excludes halogenated alkanes) is 9. The Bertz CT molecular complexity index is 184. The molecule has 0 heterocycles. The van der Waals surface area contributed by atoms with Crippen LogP contribution in [0.3, 0.4) is 0 Å². The first-order chi connectivity index (χ1) is 9.12. The van der Waals surface area contributed by atoms with Crippen molar-refractivity contribution in [3.05, 3.63) is 0 Å². The molecule has 0 amide bonds. The van der Waals surface area contributed by atoms with Crippen LogP contribution in [0, 0.1) is 0 Å². The average Bonchev–Trinajstić information content (AvgIpc) is 2.36. The number of rotatable bonds is 14. The van der Waals surface area contributed by atoms with Crippen LogP contribution in [0.15, 0.2) is 0 Å². The number of nitrogens with zero attached hydrogens (tertiary/aromatic N) is 1. The molecule has 0 saturated carbocycles. The first-order valence-corrected chi connectivity index (χ1v) is 8.16. The van der Waals surface area contributed by atoms with E-state index in [-0.39, 0.29) is 0 Å². The quantitative estimate of drug-likeness (QED) is 0.378. The van der Waals surface area contributed by atoms with E-state index in [9.17, 15) is 0 Å². The number of hydrogen-bond donors (Lipinski definition) is 2. The van der Waals surface area contributed by atoms with Crippen LogP contribution in [0.25, 0.3) is 0 Å². The third kappa shape index (κ3) is 14.1. The molecule has 0 aliphatic rings. The lowest BCUT2D eigenvalue weighted by Crippen LogP contribution is -2.42. The molecule has 0 spiro atoms. The van der Waals surface area contributed by atoms with Crippen molar-refractivity contribution in [2.24, 2.45) is 0 Å². The second kappa shape index (κ2) is 12.9. The first kappa shape index (κ1) is 18.9. The number of aliphatic hydroxyl groups excluding tert-OH is 2. The van der Waals surface area contributed by atoms with Crippen molar-refractivity contribution in [3.8, 4) is 0 Å². The number of hydrogen-bond acceptors (Lipinski definition) is 2. The molecule has 0 aliphatic carbocycles. The molecule has 19 heavy (non-hydrogen) atoms. The van der Waals surface area contributed by atoms with Crippen LogP contribution in [0.5, 0.6) is 0 Å². The van der Waals surface area contributed by atoms with Gasteiger partial charge in [-0.15, -0.1) is 0 Å². The van der Waals surface area contributed by atoms with Gasteiger partial charge in [-0.25, -0.2) is 0 Å². The van der Waals surface area contributed by atoms with Gasteiger partial charge in [-0.1, -0.05) is 44.9 Å². The van der Waals surface area contributed by atoms with Crippen LogP contribution in [0.4, 0.5) is 0 Å². The Morgan fingerprint density at radius 1 is 0.526 bits per heavy atom. The fourth-order valence-corrected chi connectivity index (χ4v) is 2.45. The maximum atomic E-state index is 8.95. The van der Waals surface area contributed by atoms with Gasteiger partial charge >= 0.3 is 0 Å². The van der Waals surface area contributed by atoms with Crippen LogP contribution in [-0.4, -0.2) is 55.1 Å². The van der Waals surface area contributed by atoms with Crippen molar-refractivity contribution in [1.82, 2.24) is 0 Å². The second-order valence-electron chi connectivity index (χ2n) is 6.37. The maximum absolute atomic E-state index is 8.95. The molecule has 0 radical (unpaired) electrons. The normalized spacial score (nSPS) is 12.0. The number of quaternary nitrogens is 1. The maximum Gasteiger partial charge on any atom is 0.102 e. The lowest BCUT2D eigenvalue weighted by molar-refractivity contribution is -0.890. The molecule has 0 aromatic carbocycles. The van der Waals surface area contributed by atoms with E-state index in [0.717, 1.165) is 17.4 Å². The summed E-state index contributed by atoms with van der Waals surface area (Å²) in [5.41, 5.74) is 0. The Balaban J connectivity index is 3.14. The SMILES string of the molecule is C[N+](C)(CCO)CCCCCCCCCCCCO. The smallest absolute Gasteiger partial charge is 0.102 e. The Morgan fingerprint density at radius 2 is 0.947 bits per heavy atom. The molecular weight excluding hydrogens is 238 g/mol. The fraction of sp³-hybridized carbons (Fsp3) is 1.00. The zero-order valence-corrected chi connectivity index (χ0v) is 13.2. The molecule has 0 aromatic heterocycles. The van der Waals surface area contributed by atoms with E-state index in [1.807, 2.05) is 0 Å². The largest absolute Gasteiger partial charge is 0.396 e. The average molecular weight is 274 g/mol. The van der Waals surface area contributed by atoms with Gasteiger partial charge in [0.05, 0.1) is 27.2 Å². The number of likely N-dealkylation sites (N-methyl/N-ethyl adjacent to an activating group) is 1. The molecule has 3 nitrogen and oxygen atoms in total. The number of aliphatic hydroxyl groups is 2. The summed E-state index contributed by atoms with van der Waals surface area (Å²) in [6.45, 7) is 2.70. The summed E-state index contributed by atoms with van der Waals surface area (Å²) in [5, 5.41) is 17.6. The van der Waals surface area contributed by atoms with Crippen molar-refractivity contribution in [2.45, 2.75) is 64.2 Å². The minimum Gasteiger partial charge on any atom is -0.396 e. The summed E-state index contributed by atoms with van der Waals surface area (Å²) in [6, 6.07) is 0. The Morgan fingerprint density at radius 3 is 1.37 bits per heavy atom. The molecule has 0 saturated heterocycles. The van der Waals surface area contributed by atoms with Crippen molar-refractivity contribution < 1.29 is 14.7 Å². The van der Waals surface area contributed by atoms with Crippen molar-refractivity contribution in [1.29, 1.82) is 0 Å². The topological polar surface area (TPSA) is 40.5 Å². The van der Waals surface area contributed by atoms with Gasteiger partial charge in [0.1, 0.15) is 6.54 Å². The van der Waals surface area contributed by atoms with Gasteiger partial charge in [0.15, 0.2) is 0 Å². The third-order valence-corrected chi connectivity index (χ3v) is 3.88. The van der Waals surface area contributed by atoms with Crippen molar-refractivity contribution in [2.75, 3.05) is 40.4 Å². The lowest BCUT2D eigenvalue weighted by atomic mass is 10.1. The minimum absolute atomic E-state index is 0.295. The van der Waals surface area contributed by atoms with E-state index >= 15 is 0 Å². The lowest BCUT2D eigenvalue weighted by Gasteiger charge is -2.28. The fourth-order valence-electron chi connectivity index (χ4n) is 2.45. The summed E-state index contributed by atoms with van der Waals surface area (Å²) in [6.07, 6.45) is 12.8. The Kier molecular flexibility index (Phi) is 12.8. The van der Waals surface area contributed by atoms with Gasteiger partial charge in [-0.3, -0.25) is 0 Å². The molecule has 3 heteroatoms.